The zero-order valence-electron chi connectivity index (χ0n) is 11.9. The summed E-state index contributed by atoms with van der Waals surface area (Å²) in [6, 6.07) is 7.73. The molecule has 3 N–H and O–H groups in total. The maximum atomic E-state index is 12.2. The topological polar surface area (TPSA) is 80.9 Å². The van der Waals surface area contributed by atoms with Crippen LogP contribution in [0.2, 0.25) is 0 Å². The minimum Gasteiger partial charge on any atom is -0.396 e. The highest BCUT2D eigenvalue weighted by molar-refractivity contribution is 9.10. The Morgan fingerprint density at radius 1 is 1.33 bits per heavy atom. The van der Waals surface area contributed by atoms with Crippen molar-refractivity contribution >= 4 is 27.5 Å². The van der Waals surface area contributed by atoms with Crippen molar-refractivity contribution in [1.29, 1.82) is 0 Å². The number of nitrogens with two attached hydrogens (primary N) is 1. The molecule has 2 rings (SSSR count). The summed E-state index contributed by atoms with van der Waals surface area (Å²) in [6.45, 7) is 4.36. The van der Waals surface area contributed by atoms with E-state index in [0.29, 0.717) is 12.4 Å². The molecule has 1 amide bonds. The number of nitrogens with one attached hydrogen (secondary N) is 1. The van der Waals surface area contributed by atoms with Gasteiger partial charge in [-0.05, 0) is 17.7 Å². The number of anilines is 1. The number of rotatable bonds is 4. The van der Waals surface area contributed by atoms with E-state index < -0.39 is 0 Å². The summed E-state index contributed by atoms with van der Waals surface area (Å²) in [5.41, 5.74) is 7.30. The number of amides is 1. The first-order valence-corrected chi connectivity index (χ1v) is 7.41. The van der Waals surface area contributed by atoms with Crippen LogP contribution in [-0.2, 0) is 6.54 Å². The minimum atomic E-state index is -0.292. The summed E-state index contributed by atoms with van der Waals surface area (Å²) >= 11 is 3.37. The van der Waals surface area contributed by atoms with Crippen LogP contribution in [0, 0.1) is 0 Å². The molecule has 1 aromatic carbocycles. The molecule has 0 unspecified atom stereocenters. The summed E-state index contributed by atoms with van der Waals surface area (Å²) in [5, 5.41) is 2.82. The van der Waals surface area contributed by atoms with Crippen molar-refractivity contribution in [3.05, 3.63) is 52.0 Å². The van der Waals surface area contributed by atoms with Gasteiger partial charge in [0.25, 0.3) is 5.91 Å². The molecule has 110 valence electrons. The van der Waals surface area contributed by atoms with Gasteiger partial charge in [0.05, 0.1) is 11.9 Å². The van der Waals surface area contributed by atoms with Gasteiger partial charge in [0.1, 0.15) is 5.82 Å². The molecule has 0 radical (unpaired) electrons. The van der Waals surface area contributed by atoms with E-state index in [2.05, 4.69) is 31.2 Å². The lowest BCUT2D eigenvalue weighted by molar-refractivity contribution is 0.0946. The molecule has 0 aliphatic carbocycles. The van der Waals surface area contributed by atoms with Gasteiger partial charge in [0.2, 0.25) is 0 Å². The third-order valence-electron chi connectivity index (χ3n) is 2.93. The lowest BCUT2D eigenvalue weighted by Gasteiger charge is -2.09. The van der Waals surface area contributed by atoms with Crippen LogP contribution in [0.4, 0.5) is 5.69 Å². The second-order valence-corrected chi connectivity index (χ2v) is 5.91. The van der Waals surface area contributed by atoms with Gasteiger partial charge in [-0.3, -0.25) is 4.79 Å². The van der Waals surface area contributed by atoms with E-state index in [4.69, 9.17) is 5.73 Å². The molecule has 5 nitrogen and oxygen atoms in total. The Bertz CT molecular complexity index is 641. The molecule has 0 atom stereocenters. The van der Waals surface area contributed by atoms with Gasteiger partial charge in [-0.1, -0.05) is 41.9 Å². The number of hydrogen-bond donors (Lipinski definition) is 2. The van der Waals surface area contributed by atoms with E-state index in [9.17, 15) is 4.79 Å². The summed E-state index contributed by atoms with van der Waals surface area (Å²) in [6.07, 6.45) is 1.48. The Hall–Kier alpha value is -1.95. The summed E-state index contributed by atoms with van der Waals surface area (Å²) in [7, 11) is 0. The van der Waals surface area contributed by atoms with Gasteiger partial charge < -0.3 is 11.1 Å². The number of hydrogen-bond acceptors (Lipinski definition) is 4. The molecule has 0 bridgehead atoms. The predicted molar refractivity (Wildman–Crippen MR) is 85.8 cm³/mol. The SMILES string of the molecule is CC(C)c1ncc(N)c(C(=O)NCc2ccc(Br)cc2)n1. The number of nitrogen functional groups attached to an aromatic ring is 1. The minimum absolute atomic E-state index is 0.142. The standard InChI is InChI=1S/C15H17BrN4O/c1-9(2)14-18-8-12(17)13(20-14)15(21)19-7-10-3-5-11(16)6-4-10/h3-6,8-9H,7,17H2,1-2H3,(H,19,21). The second-order valence-electron chi connectivity index (χ2n) is 5.00. The molecule has 0 spiro atoms. The fraction of sp³-hybridized carbons (Fsp3) is 0.267. The molecule has 0 aliphatic heterocycles. The second kappa shape index (κ2) is 6.67. The molecule has 0 saturated heterocycles. The molecule has 0 fully saturated rings. The first kappa shape index (κ1) is 15.4. The number of halogens is 1. The molecule has 1 aromatic heterocycles. The van der Waals surface area contributed by atoms with Crippen molar-refractivity contribution < 1.29 is 4.79 Å². The molecular formula is C15H17BrN4O. The van der Waals surface area contributed by atoms with Crippen molar-refractivity contribution in [2.75, 3.05) is 5.73 Å². The third-order valence-corrected chi connectivity index (χ3v) is 3.46. The number of nitrogens with zero attached hydrogens (tertiary/aromatic N) is 2. The van der Waals surface area contributed by atoms with E-state index in [-0.39, 0.29) is 23.2 Å². The van der Waals surface area contributed by atoms with Crippen LogP contribution >= 0.6 is 15.9 Å². The van der Waals surface area contributed by atoms with Crippen LogP contribution < -0.4 is 11.1 Å². The maximum absolute atomic E-state index is 12.2. The Morgan fingerprint density at radius 2 is 2.00 bits per heavy atom. The van der Waals surface area contributed by atoms with E-state index in [1.165, 1.54) is 6.20 Å². The summed E-state index contributed by atoms with van der Waals surface area (Å²) in [4.78, 5) is 20.6. The Kier molecular flexibility index (Phi) is 4.90. The molecule has 1 heterocycles. The Morgan fingerprint density at radius 3 is 2.62 bits per heavy atom. The average Bonchev–Trinajstić information content (AvgIpc) is 2.46. The van der Waals surface area contributed by atoms with Gasteiger partial charge in [0, 0.05) is 16.9 Å². The normalized spacial score (nSPS) is 10.7. The molecule has 0 aliphatic rings. The lowest BCUT2D eigenvalue weighted by Crippen LogP contribution is -2.25. The van der Waals surface area contributed by atoms with E-state index in [0.717, 1.165) is 10.0 Å². The van der Waals surface area contributed by atoms with Gasteiger partial charge in [-0.2, -0.15) is 0 Å². The van der Waals surface area contributed by atoms with E-state index >= 15 is 0 Å². The van der Waals surface area contributed by atoms with E-state index in [1.54, 1.807) is 0 Å². The zero-order chi connectivity index (χ0) is 15.4. The monoisotopic (exact) mass is 348 g/mol. The number of carbonyl (C=O) groups is 1. The first-order chi connectivity index (χ1) is 9.97. The van der Waals surface area contributed by atoms with Gasteiger partial charge in [-0.15, -0.1) is 0 Å². The van der Waals surface area contributed by atoms with Crippen LogP contribution in [0.15, 0.2) is 34.9 Å². The Balaban J connectivity index is 2.09. The van der Waals surface area contributed by atoms with Gasteiger partial charge in [-0.25, -0.2) is 9.97 Å². The third kappa shape index (κ3) is 4.01. The fourth-order valence-electron chi connectivity index (χ4n) is 1.73. The van der Waals surface area contributed by atoms with Crippen LogP contribution in [0.3, 0.4) is 0 Å². The Labute approximate surface area is 132 Å². The first-order valence-electron chi connectivity index (χ1n) is 6.62. The number of benzene rings is 1. The molecule has 6 heteroatoms. The smallest absolute Gasteiger partial charge is 0.272 e. The average molecular weight is 349 g/mol. The maximum Gasteiger partial charge on any atom is 0.272 e. The highest BCUT2D eigenvalue weighted by Crippen LogP contribution is 2.14. The molecule has 0 saturated carbocycles. The van der Waals surface area contributed by atoms with Gasteiger partial charge in [0.15, 0.2) is 5.69 Å². The fourth-order valence-corrected chi connectivity index (χ4v) is 2.00. The van der Waals surface area contributed by atoms with Crippen molar-refractivity contribution in [3.63, 3.8) is 0 Å². The van der Waals surface area contributed by atoms with Crippen LogP contribution in [0.1, 0.15) is 41.6 Å². The van der Waals surface area contributed by atoms with Crippen molar-refractivity contribution in [2.45, 2.75) is 26.3 Å². The summed E-state index contributed by atoms with van der Waals surface area (Å²) < 4.78 is 0.999. The quantitative estimate of drug-likeness (QED) is 0.889. The van der Waals surface area contributed by atoms with E-state index in [1.807, 2.05) is 38.1 Å². The largest absolute Gasteiger partial charge is 0.396 e. The van der Waals surface area contributed by atoms with Crippen molar-refractivity contribution in [1.82, 2.24) is 15.3 Å². The number of aromatic nitrogens is 2. The van der Waals surface area contributed by atoms with Crippen LogP contribution in [-0.4, -0.2) is 15.9 Å². The van der Waals surface area contributed by atoms with Crippen molar-refractivity contribution in [2.24, 2.45) is 0 Å². The van der Waals surface area contributed by atoms with Gasteiger partial charge >= 0.3 is 0 Å². The lowest BCUT2D eigenvalue weighted by atomic mass is 10.2. The predicted octanol–water partition coefficient (Wildman–Crippen LogP) is 2.87. The summed E-state index contributed by atoms with van der Waals surface area (Å²) in [5.74, 6) is 0.460. The van der Waals surface area contributed by atoms with Crippen LogP contribution in [0.25, 0.3) is 0 Å². The molecule has 2 aromatic rings. The van der Waals surface area contributed by atoms with Crippen LogP contribution in [0.5, 0.6) is 0 Å². The van der Waals surface area contributed by atoms with Crippen molar-refractivity contribution in [3.8, 4) is 0 Å². The highest BCUT2D eigenvalue weighted by atomic mass is 79.9. The molecular weight excluding hydrogens is 332 g/mol. The molecule has 21 heavy (non-hydrogen) atoms. The number of carbonyl (C=O) groups excluding carboxylic acids is 1. The highest BCUT2D eigenvalue weighted by Gasteiger charge is 2.14. The zero-order valence-corrected chi connectivity index (χ0v) is 13.5.